The number of carboxylic acid groups (broad SMARTS) is 1. The first-order chi connectivity index (χ1) is 12.0. The second-order valence-electron chi connectivity index (χ2n) is 6.11. The zero-order chi connectivity index (χ0) is 18.0. The molecule has 0 unspecified atom stereocenters. The van der Waals surface area contributed by atoms with Crippen LogP contribution in [0, 0.1) is 0 Å². The Hall–Kier alpha value is -2.90. The van der Waals surface area contributed by atoms with Crippen molar-refractivity contribution in [3.8, 4) is 0 Å². The lowest BCUT2D eigenvalue weighted by Crippen LogP contribution is -2.54. The van der Waals surface area contributed by atoms with Crippen molar-refractivity contribution in [3.05, 3.63) is 35.9 Å². The molecule has 8 heteroatoms. The van der Waals surface area contributed by atoms with Crippen molar-refractivity contribution in [1.29, 1.82) is 0 Å². The maximum atomic E-state index is 12.6. The predicted octanol–water partition coefficient (Wildman–Crippen LogP) is -0.808. The van der Waals surface area contributed by atoms with E-state index in [9.17, 15) is 24.3 Å². The smallest absolute Gasteiger partial charge is 0.327 e. The highest BCUT2D eigenvalue weighted by molar-refractivity contribution is 6.04. The number of carboxylic acids is 1. The Morgan fingerprint density at radius 1 is 1.08 bits per heavy atom. The van der Waals surface area contributed by atoms with Crippen molar-refractivity contribution in [2.45, 2.75) is 25.4 Å². The van der Waals surface area contributed by atoms with Gasteiger partial charge in [0.25, 0.3) is 5.91 Å². The fourth-order valence-corrected chi connectivity index (χ4v) is 3.16. The third kappa shape index (κ3) is 3.47. The minimum atomic E-state index is -1.28. The molecule has 1 atom stereocenters. The number of benzene rings is 1. The Bertz CT molecular complexity index is 705. The molecule has 2 aliphatic rings. The molecule has 132 valence electrons. The zero-order valence-corrected chi connectivity index (χ0v) is 13.6. The number of hydrogen-bond donors (Lipinski definition) is 0. The zero-order valence-electron chi connectivity index (χ0n) is 13.6. The predicted molar refractivity (Wildman–Crippen MR) is 83.7 cm³/mol. The number of urea groups is 1. The molecule has 8 nitrogen and oxygen atoms in total. The summed E-state index contributed by atoms with van der Waals surface area (Å²) >= 11 is 0. The van der Waals surface area contributed by atoms with Gasteiger partial charge in [-0.15, -0.1) is 0 Å². The summed E-state index contributed by atoms with van der Waals surface area (Å²) in [6, 6.07) is 8.17. The maximum absolute atomic E-state index is 12.6. The Morgan fingerprint density at radius 2 is 1.80 bits per heavy atom. The normalized spacial score (nSPS) is 20.0. The first kappa shape index (κ1) is 16.9. The Kier molecular flexibility index (Phi) is 4.69. The van der Waals surface area contributed by atoms with Crippen molar-refractivity contribution in [2.24, 2.45) is 0 Å². The molecule has 2 saturated heterocycles. The largest absolute Gasteiger partial charge is 0.550 e. The lowest BCUT2D eigenvalue weighted by Gasteiger charge is -2.35. The summed E-state index contributed by atoms with van der Waals surface area (Å²) in [4.78, 5) is 51.8. The van der Waals surface area contributed by atoms with Gasteiger partial charge in [0.05, 0.1) is 13.1 Å². The van der Waals surface area contributed by atoms with Gasteiger partial charge < -0.3 is 19.7 Å². The monoisotopic (exact) mass is 344 g/mol. The average molecular weight is 344 g/mol. The van der Waals surface area contributed by atoms with E-state index in [1.54, 1.807) is 0 Å². The fourth-order valence-electron chi connectivity index (χ4n) is 3.16. The van der Waals surface area contributed by atoms with Gasteiger partial charge in [-0.2, -0.15) is 0 Å². The second-order valence-corrected chi connectivity index (χ2v) is 6.11. The van der Waals surface area contributed by atoms with Gasteiger partial charge in [0.1, 0.15) is 6.04 Å². The van der Waals surface area contributed by atoms with Gasteiger partial charge in [-0.1, -0.05) is 30.3 Å². The summed E-state index contributed by atoms with van der Waals surface area (Å²) in [5, 5.41) is 10.5. The average Bonchev–Trinajstić information content (AvgIpc) is 2.85. The SMILES string of the molecule is O=C([O-])CCC(=O)N1CCN2C(=O)N(Cc3ccccc3)C(=O)[C@H]2C1. The van der Waals surface area contributed by atoms with Gasteiger partial charge in [-0.3, -0.25) is 14.5 Å². The second kappa shape index (κ2) is 6.92. The number of carbonyl (C=O) groups is 4. The minimum absolute atomic E-state index is 0.0990. The molecule has 0 radical (unpaired) electrons. The molecule has 3 rings (SSSR count). The summed E-state index contributed by atoms with van der Waals surface area (Å²) in [5.41, 5.74) is 0.853. The number of amides is 4. The molecule has 0 aromatic heterocycles. The van der Waals surface area contributed by atoms with Crippen LogP contribution < -0.4 is 5.11 Å². The summed E-state index contributed by atoms with van der Waals surface area (Å²) in [6.07, 6.45) is -0.512. The molecule has 0 spiro atoms. The van der Waals surface area contributed by atoms with Crippen LogP contribution in [0.5, 0.6) is 0 Å². The number of hydrogen-bond acceptors (Lipinski definition) is 5. The van der Waals surface area contributed by atoms with Gasteiger partial charge in [0.15, 0.2) is 0 Å². The summed E-state index contributed by atoms with van der Waals surface area (Å²) in [5.74, 6) is -1.95. The van der Waals surface area contributed by atoms with Crippen LogP contribution in [0.2, 0.25) is 0 Å². The van der Waals surface area contributed by atoms with Crippen LogP contribution in [0.4, 0.5) is 4.79 Å². The van der Waals surface area contributed by atoms with Crippen molar-refractivity contribution in [1.82, 2.24) is 14.7 Å². The Balaban J connectivity index is 1.66. The van der Waals surface area contributed by atoms with Gasteiger partial charge >= 0.3 is 6.03 Å². The molecular weight excluding hydrogens is 326 g/mol. The van der Waals surface area contributed by atoms with Crippen LogP contribution in [-0.2, 0) is 20.9 Å². The van der Waals surface area contributed by atoms with E-state index in [0.29, 0.717) is 6.54 Å². The lowest BCUT2D eigenvalue weighted by atomic mass is 10.1. The van der Waals surface area contributed by atoms with E-state index in [-0.39, 0.29) is 50.3 Å². The van der Waals surface area contributed by atoms with E-state index in [4.69, 9.17) is 0 Å². The van der Waals surface area contributed by atoms with E-state index in [1.807, 2.05) is 30.3 Å². The summed E-state index contributed by atoms with van der Waals surface area (Å²) in [7, 11) is 0. The molecule has 4 amide bonds. The molecule has 0 N–H and O–H groups in total. The molecule has 1 aromatic rings. The molecule has 2 fully saturated rings. The lowest BCUT2D eigenvalue weighted by molar-refractivity contribution is -0.305. The van der Waals surface area contributed by atoms with E-state index in [2.05, 4.69) is 0 Å². The number of fused-ring (bicyclic) bond motifs is 1. The fraction of sp³-hybridized carbons (Fsp3) is 0.412. The van der Waals surface area contributed by atoms with Crippen molar-refractivity contribution in [2.75, 3.05) is 19.6 Å². The molecule has 0 aliphatic carbocycles. The van der Waals surface area contributed by atoms with Crippen LogP contribution in [0.25, 0.3) is 0 Å². The highest BCUT2D eigenvalue weighted by Gasteiger charge is 2.48. The highest BCUT2D eigenvalue weighted by atomic mass is 16.4. The van der Waals surface area contributed by atoms with Crippen LogP contribution in [0.3, 0.4) is 0 Å². The van der Waals surface area contributed by atoms with E-state index in [1.165, 1.54) is 14.7 Å². The molecular formula is C17H18N3O5-. The standard InChI is InChI=1S/C17H19N3O5/c21-14(6-7-15(22)23)18-8-9-19-13(11-18)16(24)20(17(19)25)10-12-4-2-1-3-5-12/h1-5,13H,6-11H2,(H,22,23)/p-1/t13-/m1/s1. The topological polar surface area (TPSA) is 101 Å². The van der Waals surface area contributed by atoms with Crippen molar-refractivity contribution >= 4 is 23.8 Å². The maximum Gasteiger partial charge on any atom is 0.327 e. The third-order valence-corrected chi connectivity index (χ3v) is 4.49. The summed E-state index contributed by atoms with van der Waals surface area (Å²) < 4.78 is 0. The van der Waals surface area contributed by atoms with E-state index in [0.717, 1.165) is 5.56 Å². The van der Waals surface area contributed by atoms with Crippen LogP contribution in [0.1, 0.15) is 18.4 Å². The number of piperazine rings is 1. The number of carbonyl (C=O) groups excluding carboxylic acids is 4. The van der Waals surface area contributed by atoms with Crippen LogP contribution in [0.15, 0.2) is 30.3 Å². The molecule has 2 aliphatic heterocycles. The van der Waals surface area contributed by atoms with Gasteiger partial charge in [-0.05, 0) is 12.0 Å². The number of rotatable bonds is 5. The van der Waals surface area contributed by atoms with E-state index >= 15 is 0 Å². The quantitative estimate of drug-likeness (QED) is 0.651. The van der Waals surface area contributed by atoms with Gasteiger partial charge in [0, 0.05) is 25.5 Å². The van der Waals surface area contributed by atoms with Crippen molar-refractivity contribution in [3.63, 3.8) is 0 Å². The molecule has 0 bridgehead atoms. The summed E-state index contributed by atoms with van der Waals surface area (Å²) in [6.45, 7) is 0.851. The number of aliphatic carboxylic acids is 1. The highest BCUT2D eigenvalue weighted by Crippen LogP contribution is 2.24. The van der Waals surface area contributed by atoms with Gasteiger partial charge in [-0.25, -0.2) is 4.79 Å². The number of imide groups is 1. The molecule has 25 heavy (non-hydrogen) atoms. The van der Waals surface area contributed by atoms with Crippen LogP contribution in [-0.4, -0.2) is 64.2 Å². The first-order valence-electron chi connectivity index (χ1n) is 8.11. The Morgan fingerprint density at radius 3 is 2.48 bits per heavy atom. The number of nitrogens with zero attached hydrogens (tertiary/aromatic N) is 3. The minimum Gasteiger partial charge on any atom is -0.550 e. The third-order valence-electron chi connectivity index (χ3n) is 4.49. The van der Waals surface area contributed by atoms with Crippen molar-refractivity contribution < 1.29 is 24.3 Å². The first-order valence-corrected chi connectivity index (χ1v) is 8.11. The molecule has 0 saturated carbocycles. The van der Waals surface area contributed by atoms with Crippen LogP contribution >= 0.6 is 0 Å². The van der Waals surface area contributed by atoms with E-state index < -0.39 is 12.0 Å². The van der Waals surface area contributed by atoms with Gasteiger partial charge in [0.2, 0.25) is 5.91 Å². The Labute approximate surface area is 144 Å². The molecule has 1 aromatic carbocycles. The molecule has 2 heterocycles.